The molecule has 0 radical (unpaired) electrons. The predicted molar refractivity (Wildman–Crippen MR) is 79.5 cm³/mol. The lowest BCUT2D eigenvalue weighted by molar-refractivity contribution is -0.147. The average Bonchev–Trinajstić information content (AvgIpc) is 2.54. The summed E-state index contributed by atoms with van der Waals surface area (Å²) < 4.78 is 4.60. The van der Waals surface area contributed by atoms with Crippen molar-refractivity contribution in [1.82, 2.24) is 0 Å². The van der Waals surface area contributed by atoms with E-state index in [1.807, 2.05) is 0 Å². The number of carbonyl (C=O) groups excluding carboxylic acids is 2. The van der Waals surface area contributed by atoms with Crippen LogP contribution in [0.2, 0.25) is 0 Å². The van der Waals surface area contributed by atoms with Gasteiger partial charge in [0.15, 0.2) is 0 Å². The predicted octanol–water partition coefficient (Wildman–Crippen LogP) is 2.30. The van der Waals surface area contributed by atoms with Crippen LogP contribution >= 0.6 is 0 Å². The lowest BCUT2D eigenvalue weighted by Gasteiger charge is -2.27. The average molecular weight is 305 g/mol. The highest BCUT2D eigenvalue weighted by molar-refractivity contribution is 5.96. The van der Waals surface area contributed by atoms with Gasteiger partial charge in [0.25, 0.3) is 0 Å². The molecule has 2 N–H and O–H groups in total. The maximum atomic E-state index is 12.3. The zero-order valence-electron chi connectivity index (χ0n) is 12.4. The molecule has 1 aromatic carbocycles. The van der Waals surface area contributed by atoms with Gasteiger partial charge in [-0.1, -0.05) is 12.8 Å². The second kappa shape index (κ2) is 7.06. The molecular weight excluding hydrogens is 286 g/mol. The fraction of sp³-hybridized carbons (Fsp3) is 0.438. The maximum Gasteiger partial charge on any atom is 0.337 e. The normalized spacial score (nSPS) is 21.0. The lowest BCUT2D eigenvalue weighted by Crippen LogP contribution is -2.36. The molecule has 1 aromatic rings. The van der Waals surface area contributed by atoms with Crippen molar-refractivity contribution in [3.05, 3.63) is 29.8 Å². The Morgan fingerprint density at radius 2 is 1.68 bits per heavy atom. The van der Waals surface area contributed by atoms with E-state index in [1.54, 1.807) is 24.3 Å². The highest BCUT2D eigenvalue weighted by Crippen LogP contribution is 2.31. The van der Waals surface area contributed by atoms with Gasteiger partial charge in [-0.2, -0.15) is 0 Å². The largest absolute Gasteiger partial charge is 0.481 e. The van der Waals surface area contributed by atoms with E-state index in [0.717, 1.165) is 12.8 Å². The Hall–Kier alpha value is -2.37. The van der Waals surface area contributed by atoms with Crippen LogP contribution in [0.15, 0.2) is 24.3 Å². The number of rotatable bonds is 4. The van der Waals surface area contributed by atoms with E-state index < -0.39 is 23.8 Å². The molecular formula is C16H19NO5. The minimum atomic E-state index is -0.916. The minimum absolute atomic E-state index is 0.280. The van der Waals surface area contributed by atoms with Crippen molar-refractivity contribution in [2.24, 2.45) is 11.8 Å². The molecule has 1 saturated carbocycles. The highest BCUT2D eigenvalue weighted by Gasteiger charge is 2.35. The SMILES string of the molecule is COC(=O)c1ccc(NC(=O)[C@@H]2CCCC[C@@H]2C(=O)O)cc1. The Labute approximate surface area is 128 Å². The number of amides is 1. The first-order valence-electron chi connectivity index (χ1n) is 7.25. The van der Waals surface area contributed by atoms with Crippen LogP contribution in [0.1, 0.15) is 36.0 Å². The molecule has 6 nitrogen and oxygen atoms in total. The number of carboxylic acid groups (broad SMARTS) is 1. The molecule has 2 rings (SSSR count). The molecule has 22 heavy (non-hydrogen) atoms. The third-order valence-corrected chi connectivity index (χ3v) is 3.99. The molecule has 0 aliphatic heterocycles. The zero-order valence-corrected chi connectivity index (χ0v) is 12.4. The van der Waals surface area contributed by atoms with Gasteiger partial charge in [0.05, 0.1) is 24.5 Å². The highest BCUT2D eigenvalue weighted by atomic mass is 16.5. The Morgan fingerprint density at radius 3 is 2.23 bits per heavy atom. The number of hydrogen-bond acceptors (Lipinski definition) is 4. The summed E-state index contributed by atoms with van der Waals surface area (Å²) in [6.45, 7) is 0. The molecule has 118 valence electrons. The van der Waals surface area contributed by atoms with E-state index in [2.05, 4.69) is 10.1 Å². The maximum absolute atomic E-state index is 12.3. The second-order valence-corrected chi connectivity index (χ2v) is 5.39. The van der Waals surface area contributed by atoms with Gasteiger partial charge in [-0.05, 0) is 37.1 Å². The summed E-state index contributed by atoms with van der Waals surface area (Å²) in [6, 6.07) is 6.31. The van der Waals surface area contributed by atoms with E-state index in [4.69, 9.17) is 0 Å². The van der Waals surface area contributed by atoms with Crippen LogP contribution in [-0.4, -0.2) is 30.1 Å². The summed E-state index contributed by atoms with van der Waals surface area (Å²) in [5.41, 5.74) is 0.925. The molecule has 0 unspecified atom stereocenters. The smallest absolute Gasteiger partial charge is 0.337 e. The van der Waals surface area contributed by atoms with Crippen molar-refractivity contribution in [2.75, 3.05) is 12.4 Å². The number of hydrogen-bond donors (Lipinski definition) is 2. The first kappa shape index (κ1) is 16.0. The van der Waals surface area contributed by atoms with Gasteiger partial charge in [0.1, 0.15) is 0 Å². The Bertz CT molecular complexity index is 566. The van der Waals surface area contributed by atoms with E-state index in [1.165, 1.54) is 7.11 Å². The summed E-state index contributed by atoms with van der Waals surface area (Å²) in [5.74, 6) is -2.77. The van der Waals surface area contributed by atoms with Crippen LogP contribution in [0.5, 0.6) is 0 Å². The van der Waals surface area contributed by atoms with Gasteiger partial charge in [0.2, 0.25) is 5.91 Å². The number of benzene rings is 1. The molecule has 1 aliphatic carbocycles. The van der Waals surface area contributed by atoms with Crippen molar-refractivity contribution in [2.45, 2.75) is 25.7 Å². The number of nitrogens with one attached hydrogen (secondary N) is 1. The number of aliphatic carboxylic acids is 1. The quantitative estimate of drug-likeness (QED) is 0.833. The summed E-state index contributed by atoms with van der Waals surface area (Å²) in [4.78, 5) is 34.9. The van der Waals surface area contributed by atoms with Crippen molar-refractivity contribution in [3.63, 3.8) is 0 Å². The van der Waals surface area contributed by atoms with Crippen LogP contribution in [0.4, 0.5) is 5.69 Å². The Kier molecular flexibility index (Phi) is 5.14. The molecule has 0 spiro atoms. The van der Waals surface area contributed by atoms with Gasteiger partial charge in [-0.25, -0.2) is 4.79 Å². The monoisotopic (exact) mass is 305 g/mol. The van der Waals surface area contributed by atoms with Gasteiger partial charge in [0, 0.05) is 5.69 Å². The fourth-order valence-electron chi connectivity index (χ4n) is 2.78. The van der Waals surface area contributed by atoms with Gasteiger partial charge < -0.3 is 15.2 Å². The first-order valence-corrected chi connectivity index (χ1v) is 7.25. The molecule has 1 aliphatic rings. The fourth-order valence-corrected chi connectivity index (χ4v) is 2.78. The van der Waals surface area contributed by atoms with Crippen LogP contribution < -0.4 is 5.32 Å². The van der Waals surface area contributed by atoms with Crippen molar-refractivity contribution < 1.29 is 24.2 Å². The van der Waals surface area contributed by atoms with E-state index in [-0.39, 0.29) is 5.91 Å². The molecule has 6 heteroatoms. The van der Waals surface area contributed by atoms with E-state index in [0.29, 0.717) is 24.1 Å². The lowest BCUT2D eigenvalue weighted by atomic mass is 9.78. The third-order valence-electron chi connectivity index (χ3n) is 3.99. The molecule has 0 bridgehead atoms. The Morgan fingerprint density at radius 1 is 1.09 bits per heavy atom. The number of anilines is 1. The molecule has 0 saturated heterocycles. The summed E-state index contributed by atoms with van der Waals surface area (Å²) in [7, 11) is 1.30. The molecule has 0 aromatic heterocycles. The van der Waals surface area contributed by atoms with Crippen LogP contribution in [0, 0.1) is 11.8 Å². The molecule has 1 amide bonds. The number of ether oxygens (including phenoxy) is 1. The van der Waals surface area contributed by atoms with Gasteiger partial charge in [-0.3, -0.25) is 9.59 Å². The van der Waals surface area contributed by atoms with Crippen LogP contribution in [0.25, 0.3) is 0 Å². The summed E-state index contributed by atoms with van der Waals surface area (Å²) in [5, 5.41) is 11.9. The Balaban J connectivity index is 2.04. The number of methoxy groups -OCH3 is 1. The number of carbonyl (C=O) groups is 3. The first-order chi connectivity index (χ1) is 10.5. The molecule has 2 atom stereocenters. The second-order valence-electron chi connectivity index (χ2n) is 5.39. The van der Waals surface area contributed by atoms with Crippen LogP contribution in [0.3, 0.4) is 0 Å². The topological polar surface area (TPSA) is 92.7 Å². The third kappa shape index (κ3) is 3.63. The summed E-state index contributed by atoms with van der Waals surface area (Å²) >= 11 is 0. The standard InChI is InChI=1S/C16H19NO5/c1-22-16(21)10-6-8-11(9-7-10)17-14(18)12-4-2-3-5-13(12)15(19)20/h6-9,12-13H,2-5H2,1H3,(H,17,18)(H,19,20)/t12-,13+/m1/s1. The van der Waals surface area contributed by atoms with E-state index >= 15 is 0 Å². The van der Waals surface area contributed by atoms with Gasteiger partial charge >= 0.3 is 11.9 Å². The number of esters is 1. The van der Waals surface area contributed by atoms with E-state index in [9.17, 15) is 19.5 Å². The van der Waals surface area contributed by atoms with Crippen molar-refractivity contribution in [1.29, 1.82) is 0 Å². The molecule has 0 heterocycles. The van der Waals surface area contributed by atoms with Crippen LogP contribution in [-0.2, 0) is 14.3 Å². The van der Waals surface area contributed by atoms with Gasteiger partial charge in [-0.15, -0.1) is 0 Å². The minimum Gasteiger partial charge on any atom is -0.481 e. The molecule has 1 fully saturated rings. The number of carboxylic acids is 1. The zero-order chi connectivity index (χ0) is 16.1. The summed E-state index contributed by atoms with van der Waals surface area (Å²) in [6.07, 6.45) is 2.83. The van der Waals surface area contributed by atoms with Crippen molar-refractivity contribution in [3.8, 4) is 0 Å². The van der Waals surface area contributed by atoms with Crippen molar-refractivity contribution >= 4 is 23.5 Å².